The molecule has 3 fully saturated rings. The van der Waals surface area contributed by atoms with E-state index < -0.39 is 20.4 Å². The van der Waals surface area contributed by atoms with E-state index in [-0.39, 0.29) is 25.7 Å². The maximum Gasteiger partial charge on any atom is 0.282 e. The Labute approximate surface area is 152 Å². The van der Waals surface area contributed by atoms with Gasteiger partial charge in [-0.05, 0) is 32.6 Å². The van der Waals surface area contributed by atoms with Crippen molar-refractivity contribution in [2.45, 2.75) is 51.5 Å². The normalized spacial score (nSPS) is 29.7. The van der Waals surface area contributed by atoms with Gasteiger partial charge < -0.3 is 0 Å². The zero-order valence-corrected chi connectivity index (χ0v) is 16.6. The van der Waals surface area contributed by atoms with Crippen LogP contribution in [0.5, 0.6) is 0 Å². The predicted molar refractivity (Wildman–Crippen MR) is 96.4 cm³/mol. The first-order valence-corrected chi connectivity index (χ1v) is 12.1. The Bertz CT molecular complexity index is 655. The highest BCUT2D eigenvalue weighted by Crippen LogP contribution is 2.24. The van der Waals surface area contributed by atoms with Crippen LogP contribution in [0.3, 0.4) is 0 Å². The topological polar surface area (TPSA) is 81.2 Å². The fraction of sp³-hybridized carbons (Fsp3) is 1.00. The van der Waals surface area contributed by atoms with Gasteiger partial charge in [-0.2, -0.15) is 34.1 Å². The van der Waals surface area contributed by atoms with E-state index in [1.165, 1.54) is 8.61 Å². The fourth-order valence-corrected chi connectivity index (χ4v) is 7.58. The first-order valence-electron chi connectivity index (χ1n) is 9.35. The van der Waals surface area contributed by atoms with Crippen LogP contribution < -0.4 is 0 Å². The van der Waals surface area contributed by atoms with Gasteiger partial charge in [-0.15, -0.1) is 0 Å². The summed E-state index contributed by atoms with van der Waals surface area (Å²) < 4.78 is 57.5. The number of hydrogen-bond acceptors (Lipinski definition) is 4. The van der Waals surface area contributed by atoms with E-state index in [2.05, 4.69) is 0 Å². The van der Waals surface area contributed by atoms with E-state index in [1.807, 2.05) is 0 Å². The van der Waals surface area contributed by atoms with Crippen LogP contribution in [-0.4, -0.2) is 85.9 Å². The highest BCUT2D eigenvalue weighted by Gasteiger charge is 2.41. The van der Waals surface area contributed by atoms with Crippen molar-refractivity contribution in [2.24, 2.45) is 0 Å². The van der Waals surface area contributed by atoms with E-state index >= 15 is 0 Å². The molecule has 0 N–H and O–H groups in total. The second kappa shape index (κ2) is 7.77. The summed E-state index contributed by atoms with van der Waals surface area (Å²) in [6.07, 6.45) is 5.75. The summed E-state index contributed by atoms with van der Waals surface area (Å²) in [6.45, 7) is 4.78. The van der Waals surface area contributed by atoms with Crippen LogP contribution in [-0.2, 0) is 20.4 Å². The molecule has 0 bridgehead atoms. The molecule has 1 unspecified atom stereocenters. The summed E-state index contributed by atoms with van der Waals surface area (Å²) in [5.74, 6) is 0. The molecule has 3 heterocycles. The van der Waals surface area contributed by atoms with E-state index in [0.717, 1.165) is 38.5 Å². The first-order chi connectivity index (χ1) is 11.8. The molecule has 0 spiro atoms. The highest BCUT2D eigenvalue weighted by molar-refractivity contribution is 7.87. The van der Waals surface area contributed by atoms with E-state index in [9.17, 15) is 16.8 Å². The van der Waals surface area contributed by atoms with Crippen LogP contribution in [0.2, 0.25) is 0 Å². The van der Waals surface area contributed by atoms with Crippen molar-refractivity contribution in [3.63, 3.8) is 0 Å². The Morgan fingerprint density at radius 3 is 1.56 bits per heavy atom. The SMILES string of the molecule is CC1CN(S(=O)(=O)N2CCCCC2)CCN1S(=O)(=O)N1CCCCC1. The summed E-state index contributed by atoms with van der Waals surface area (Å²) in [5, 5.41) is 0. The Kier molecular flexibility index (Phi) is 6.06. The summed E-state index contributed by atoms with van der Waals surface area (Å²) in [5.41, 5.74) is 0. The lowest BCUT2D eigenvalue weighted by Crippen LogP contribution is -2.60. The molecule has 0 radical (unpaired) electrons. The standard InChI is InChI=1S/C15H30N4O4S2/c1-15-14-18(24(20,21)16-8-4-2-5-9-16)12-13-19(15)25(22,23)17-10-6-3-7-11-17/h15H,2-14H2,1H3. The minimum Gasteiger partial charge on any atom is -0.195 e. The van der Waals surface area contributed by atoms with Crippen molar-refractivity contribution in [1.29, 1.82) is 0 Å². The second-order valence-electron chi connectivity index (χ2n) is 7.25. The van der Waals surface area contributed by atoms with E-state index in [4.69, 9.17) is 0 Å². The summed E-state index contributed by atoms with van der Waals surface area (Å²) in [6, 6.07) is -0.347. The molecule has 3 aliphatic rings. The lowest BCUT2D eigenvalue weighted by atomic mass is 10.2. The monoisotopic (exact) mass is 394 g/mol. The third kappa shape index (κ3) is 4.03. The summed E-state index contributed by atoms with van der Waals surface area (Å²) in [7, 11) is -6.98. The summed E-state index contributed by atoms with van der Waals surface area (Å²) >= 11 is 0. The Hall–Kier alpha value is -0.260. The zero-order chi connectivity index (χ0) is 18.1. The molecule has 0 aliphatic carbocycles. The number of piperidine rings is 2. The fourth-order valence-electron chi connectivity index (χ4n) is 3.96. The van der Waals surface area contributed by atoms with Crippen molar-refractivity contribution in [2.75, 3.05) is 45.8 Å². The molecule has 25 heavy (non-hydrogen) atoms. The average molecular weight is 395 g/mol. The van der Waals surface area contributed by atoms with Crippen molar-refractivity contribution in [1.82, 2.24) is 17.2 Å². The predicted octanol–water partition coefficient (Wildman–Crippen LogP) is 0.454. The van der Waals surface area contributed by atoms with Gasteiger partial charge in [0.1, 0.15) is 0 Å². The number of nitrogens with zero attached hydrogens (tertiary/aromatic N) is 4. The van der Waals surface area contributed by atoms with Gasteiger partial charge in [0.15, 0.2) is 0 Å². The van der Waals surface area contributed by atoms with Gasteiger partial charge in [-0.25, -0.2) is 0 Å². The maximum atomic E-state index is 12.9. The molecule has 146 valence electrons. The van der Waals surface area contributed by atoms with Crippen LogP contribution in [0.15, 0.2) is 0 Å². The lowest BCUT2D eigenvalue weighted by molar-refractivity contribution is 0.185. The quantitative estimate of drug-likeness (QED) is 0.693. The molecule has 1 atom stereocenters. The van der Waals surface area contributed by atoms with Gasteiger partial charge in [0.25, 0.3) is 20.4 Å². The smallest absolute Gasteiger partial charge is 0.195 e. The van der Waals surface area contributed by atoms with E-state index in [1.54, 1.807) is 15.5 Å². The molecule has 0 aromatic rings. The Morgan fingerprint density at radius 1 is 0.600 bits per heavy atom. The van der Waals surface area contributed by atoms with Crippen LogP contribution >= 0.6 is 0 Å². The lowest BCUT2D eigenvalue weighted by Gasteiger charge is -2.42. The zero-order valence-electron chi connectivity index (χ0n) is 15.0. The minimum absolute atomic E-state index is 0.228. The van der Waals surface area contributed by atoms with Crippen LogP contribution in [0, 0.1) is 0 Å². The van der Waals surface area contributed by atoms with Crippen molar-refractivity contribution < 1.29 is 16.8 Å². The third-order valence-electron chi connectivity index (χ3n) is 5.43. The molecule has 8 nitrogen and oxygen atoms in total. The van der Waals surface area contributed by atoms with Gasteiger partial charge in [0.05, 0.1) is 0 Å². The molecule has 0 aromatic heterocycles. The van der Waals surface area contributed by atoms with Crippen LogP contribution in [0.1, 0.15) is 45.4 Å². The van der Waals surface area contributed by atoms with E-state index in [0.29, 0.717) is 26.2 Å². The Balaban J connectivity index is 1.67. The molecule has 0 aromatic carbocycles. The molecule has 3 aliphatic heterocycles. The van der Waals surface area contributed by atoms with Gasteiger partial charge in [-0.1, -0.05) is 12.8 Å². The molecule has 0 amide bonds. The van der Waals surface area contributed by atoms with Crippen LogP contribution in [0.4, 0.5) is 0 Å². The third-order valence-corrected chi connectivity index (χ3v) is 9.59. The molecular weight excluding hydrogens is 364 g/mol. The molecule has 0 saturated carbocycles. The molecule has 3 saturated heterocycles. The molecule has 10 heteroatoms. The van der Waals surface area contributed by atoms with Gasteiger partial charge >= 0.3 is 0 Å². The maximum absolute atomic E-state index is 12.9. The second-order valence-corrected chi connectivity index (χ2v) is 11.1. The van der Waals surface area contributed by atoms with Crippen molar-refractivity contribution >= 4 is 20.4 Å². The average Bonchev–Trinajstić information content (AvgIpc) is 2.63. The van der Waals surface area contributed by atoms with Gasteiger partial charge in [-0.3, -0.25) is 0 Å². The molecule has 3 rings (SSSR count). The Morgan fingerprint density at radius 2 is 1.08 bits per heavy atom. The van der Waals surface area contributed by atoms with Crippen molar-refractivity contribution in [3.8, 4) is 0 Å². The van der Waals surface area contributed by atoms with Gasteiger partial charge in [0, 0.05) is 51.9 Å². The number of rotatable bonds is 4. The first kappa shape index (κ1) is 19.5. The minimum atomic E-state index is -3.50. The molecular formula is C15H30N4O4S2. The van der Waals surface area contributed by atoms with Crippen molar-refractivity contribution in [3.05, 3.63) is 0 Å². The van der Waals surface area contributed by atoms with Crippen LogP contribution in [0.25, 0.3) is 0 Å². The number of hydrogen-bond donors (Lipinski definition) is 0. The number of piperazine rings is 1. The van der Waals surface area contributed by atoms with Gasteiger partial charge in [0.2, 0.25) is 0 Å². The largest absolute Gasteiger partial charge is 0.282 e. The summed E-state index contributed by atoms with van der Waals surface area (Å²) in [4.78, 5) is 0. The highest BCUT2D eigenvalue weighted by atomic mass is 32.2.